The van der Waals surface area contributed by atoms with Crippen LogP contribution in [0, 0.1) is 33.5 Å². The lowest BCUT2D eigenvalue weighted by atomic mass is 9.36. The molecule has 2 unspecified atom stereocenters. The number of fused-ring (bicyclic) bond motifs is 5. The van der Waals surface area contributed by atoms with Gasteiger partial charge in [-0.3, -0.25) is 14.4 Å². The van der Waals surface area contributed by atoms with E-state index in [2.05, 4.69) is 27.7 Å². The summed E-state index contributed by atoms with van der Waals surface area (Å²) < 4.78 is 5.90. The van der Waals surface area contributed by atoms with Crippen molar-refractivity contribution in [2.45, 2.75) is 99.5 Å². The third kappa shape index (κ3) is 3.41. The van der Waals surface area contributed by atoms with Gasteiger partial charge in [-0.2, -0.15) is 0 Å². The van der Waals surface area contributed by atoms with Gasteiger partial charge in [0.2, 0.25) is 0 Å². The number of aliphatic carboxylic acids is 1. The normalized spacial score (nSPS) is 42.9. The minimum absolute atomic E-state index is 0.0203. The van der Waals surface area contributed by atoms with Gasteiger partial charge in [-0.05, 0) is 85.7 Å². The Morgan fingerprint density at radius 1 is 1.06 bits per heavy atom. The predicted molar refractivity (Wildman–Crippen MR) is 131 cm³/mol. The SMILES string of the molecule is CC[C@@]1(C)CCC[C@@]2(C)C1CC[C@@]1(C)C3=CC(=O)C(C(C)=O)=C(C(=O)O)[C@@]3(C)[C@@H](OC(C)=O)CC21. The van der Waals surface area contributed by atoms with Crippen molar-refractivity contribution in [1.82, 2.24) is 0 Å². The van der Waals surface area contributed by atoms with E-state index in [1.54, 1.807) is 6.92 Å². The molecule has 0 aliphatic heterocycles. The summed E-state index contributed by atoms with van der Waals surface area (Å²) in [5.41, 5.74) is -1.25. The van der Waals surface area contributed by atoms with Crippen molar-refractivity contribution in [2.75, 3.05) is 0 Å². The number of hydrogen-bond acceptors (Lipinski definition) is 5. The molecule has 7 atom stereocenters. The maximum atomic E-state index is 13.3. The monoisotopic (exact) mass is 484 g/mol. The van der Waals surface area contributed by atoms with Crippen LogP contribution in [0.5, 0.6) is 0 Å². The number of carbonyl (C=O) groups excluding carboxylic acids is 3. The third-order valence-corrected chi connectivity index (χ3v) is 10.9. The van der Waals surface area contributed by atoms with Gasteiger partial charge in [0, 0.05) is 6.92 Å². The van der Waals surface area contributed by atoms with Gasteiger partial charge in [-0.15, -0.1) is 0 Å². The largest absolute Gasteiger partial charge is 0.478 e. The molecule has 0 heterocycles. The van der Waals surface area contributed by atoms with E-state index in [9.17, 15) is 24.3 Å². The van der Waals surface area contributed by atoms with E-state index < -0.39 is 40.4 Å². The van der Waals surface area contributed by atoms with Gasteiger partial charge in [0.15, 0.2) is 11.6 Å². The van der Waals surface area contributed by atoms with Gasteiger partial charge in [0.25, 0.3) is 0 Å². The maximum Gasteiger partial charge on any atom is 0.333 e. The van der Waals surface area contributed by atoms with Crippen molar-refractivity contribution >= 4 is 23.5 Å². The highest BCUT2D eigenvalue weighted by Gasteiger charge is 2.68. The summed E-state index contributed by atoms with van der Waals surface area (Å²) in [6.07, 6.45) is 7.65. The quantitative estimate of drug-likeness (QED) is 0.421. The molecule has 0 bridgehead atoms. The van der Waals surface area contributed by atoms with Crippen LogP contribution in [-0.2, 0) is 23.9 Å². The molecule has 0 amide bonds. The third-order valence-electron chi connectivity index (χ3n) is 10.9. The minimum Gasteiger partial charge on any atom is -0.478 e. The van der Waals surface area contributed by atoms with E-state index in [4.69, 9.17) is 4.74 Å². The van der Waals surface area contributed by atoms with E-state index in [0.717, 1.165) is 37.7 Å². The lowest BCUT2D eigenvalue weighted by Gasteiger charge is -2.68. The van der Waals surface area contributed by atoms with Gasteiger partial charge < -0.3 is 9.84 Å². The Morgan fingerprint density at radius 2 is 1.71 bits per heavy atom. The molecule has 0 aromatic rings. The molecule has 4 rings (SSSR count). The van der Waals surface area contributed by atoms with Crippen molar-refractivity contribution in [3.05, 3.63) is 22.8 Å². The first kappa shape index (κ1) is 25.8. The zero-order valence-corrected chi connectivity index (χ0v) is 22.2. The molecule has 3 saturated carbocycles. The number of Topliss-reactive ketones (excluding diaryl/α,β-unsaturated/α-hetero) is 1. The van der Waals surface area contributed by atoms with E-state index in [1.165, 1.54) is 26.3 Å². The van der Waals surface area contributed by atoms with E-state index in [-0.39, 0.29) is 27.9 Å². The molecule has 1 N–H and O–H groups in total. The molecule has 4 aliphatic rings. The molecule has 0 saturated heterocycles. The molecule has 0 aromatic carbocycles. The first-order valence-electron chi connectivity index (χ1n) is 13.1. The van der Waals surface area contributed by atoms with Crippen LogP contribution < -0.4 is 0 Å². The molecule has 3 fully saturated rings. The minimum atomic E-state index is -1.30. The number of esters is 1. The highest BCUT2D eigenvalue weighted by Crippen LogP contribution is 2.72. The summed E-state index contributed by atoms with van der Waals surface area (Å²) in [6, 6.07) is 0. The van der Waals surface area contributed by atoms with E-state index >= 15 is 0 Å². The lowest BCUT2D eigenvalue weighted by molar-refractivity contribution is -0.181. The number of carboxylic acid groups (broad SMARTS) is 1. The second-order valence-corrected chi connectivity index (χ2v) is 12.5. The molecule has 6 nitrogen and oxygen atoms in total. The highest BCUT2D eigenvalue weighted by molar-refractivity contribution is 6.28. The predicted octanol–water partition coefficient (Wildman–Crippen LogP) is 5.45. The number of hydrogen-bond donors (Lipinski definition) is 1. The molecule has 6 heteroatoms. The summed E-state index contributed by atoms with van der Waals surface area (Å²) in [4.78, 5) is 50.7. The Balaban J connectivity index is 1.96. The van der Waals surface area contributed by atoms with E-state index in [0.29, 0.717) is 12.3 Å². The number of allylic oxidation sites excluding steroid dienone is 2. The lowest BCUT2D eigenvalue weighted by Crippen LogP contribution is -2.63. The van der Waals surface area contributed by atoms with Gasteiger partial charge in [-0.1, -0.05) is 40.5 Å². The Hall–Kier alpha value is -2.24. The van der Waals surface area contributed by atoms with Crippen LogP contribution in [0.1, 0.15) is 93.4 Å². The zero-order chi connectivity index (χ0) is 26.1. The Morgan fingerprint density at radius 3 is 2.26 bits per heavy atom. The summed E-state index contributed by atoms with van der Waals surface area (Å²) in [7, 11) is 0. The highest BCUT2D eigenvalue weighted by atomic mass is 16.5. The van der Waals surface area contributed by atoms with E-state index in [1.807, 2.05) is 0 Å². The van der Waals surface area contributed by atoms with Gasteiger partial charge in [-0.25, -0.2) is 4.79 Å². The number of rotatable bonds is 4. The summed E-state index contributed by atoms with van der Waals surface area (Å²) in [5.74, 6) is -2.25. The van der Waals surface area contributed by atoms with Gasteiger partial charge >= 0.3 is 11.9 Å². The average molecular weight is 485 g/mol. The van der Waals surface area contributed by atoms with Crippen LogP contribution in [0.15, 0.2) is 22.8 Å². The Kier molecular flexibility index (Phi) is 6.01. The van der Waals surface area contributed by atoms with Gasteiger partial charge in [0.1, 0.15) is 6.10 Å². The molecule has 192 valence electrons. The first-order valence-corrected chi connectivity index (χ1v) is 13.1. The molecule has 0 radical (unpaired) electrons. The van der Waals surface area contributed by atoms with Crippen LogP contribution in [0.25, 0.3) is 0 Å². The molecule has 35 heavy (non-hydrogen) atoms. The summed E-state index contributed by atoms with van der Waals surface area (Å²) in [5, 5.41) is 10.3. The maximum absolute atomic E-state index is 13.3. The zero-order valence-electron chi connectivity index (χ0n) is 22.2. The second kappa shape index (κ2) is 8.14. The fourth-order valence-corrected chi connectivity index (χ4v) is 9.19. The summed E-state index contributed by atoms with van der Waals surface area (Å²) >= 11 is 0. The van der Waals surface area contributed by atoms with Crippen molar-refractivity contribution < 1.29 is 29.0 Å². The van der Waals surface area contributed by atoms with Crippen LogP contribution >= 0.6 is 0 Å². The summed E-state index contributed by atoms with van der Waals surface area (Å²) in [6.45, 7) is 13.6. The topological polar surface area (TPSA) is 97.7 Å². The number of carboxylic acids is 1. The van der Waals surface area contributed by atoms with Crippen molar-refractivity contribution in [2.24, 2.45) is 33.5 Å². The number of carbonyl (C=O) groups is 4. The van der Waals surface area contributed by atoms with Crippen molar-refractivity contribution in [1.29, 1.82) is 0 Å². The Labute approximate surface area is 208 Å². The standard InChI is InChI=1S/C29H40O6/c1-8-26(4)11-9-12-27(5)19(26)10-13-28(6)20(27)15-22(35-17(3)31)29(7)21(28)14-18(32)23(16(2)30)24(29)25(33)34/h14,19-20,22H,8-13,15H2,1-7H3,(H,33,34)/t19?,20?,22-,26-,27-,28+,29+/m0/s1. The molecule has 4 aliphatic carbocycles. The fourth-order valence-electron chi connectivity index (χ4n) is 9.19. The van der Waals surface area contributed by atoms with Crippen LogP contribution in [0.3, 0.4) is 0 Å². The molecule has 0 aromatic heterocycles. The van der Waals surface area contributed by atoms with Crippen LogP contribution in [-0.4, -0.2) is 34.7 Å². The van der Waals surface area contributed by atoms with Gasteiger partial charge in [0.05, 0.1) is 16.6 Å². The van der Waals surface area contributed by atoms with Crippen molar-refractivity contribution in [3.8, 4) is 0 Å². The van der Waals surface area contributed by atoms with Crippen LogP contribution in [0.4, 0.5) is 0 Å². The average Bonchev–Trinajstić information content (AvgIpc) is 2.74. The number of ketones is 2. The molecule has 0 spiro atoms. The smallest absolute Gasteiger partial charge is 0.333 e. The van der Waals surface area contributed by atoms with Crippen molar-refractivity contribution in [3.63, 3.8) is 0 Å². The number of ether oxygens (including phenoxy) is 1. The molecular weight excluding hydrogens is 444 g/mol. The fraction of sp³-hybridized carbons (Fsp3) is 0.724. The Bertz CT molecular complexity index is 1070. The van der Waals surface area contributed by atoms with Crippen LogP contribution in [0.2, 0.25) is 0 Å². The second-order valence-electron chi connectivity index (χ2n) is 12.5. The first-order chi connectivity index (χ1) is 16.2. The molecular formula is C29H40O6.